The lowest BCUT2D eigenvalue weighted by Crippen LogP contribution is -2.41. The number of hydrogen-bond donors (Lipinski definition) is 0. The predicted molar refractivity (Wildman–Crippen MR) is 71.4 cm³/mol. The van der Waals surface area contributed by atoms with Crippen molar-refractivity contribution in [2.75, 3.05) is 19.7 Å². The zero-order chi connectivity index (χ0) is 13.0. The molecular formula is C15H21NO2. The number of ether oxygens (including phenoxy) is 1. The third kappa shape index (κ3) is 2.91. The summed E-state index contributed by atoms with van der Waals surface area (Å²) in [7, 11) is 0. The van der Waals surface area contributed by atoms with Crippen molar-refractivity contribution in [3.63, 3.8) is 0 Å². The highest BCUT2D eigenvalue weighted by Gasteiger charge is 2.24. The van der Waals surface area contributed by atoms with Crippen molar-refractivity contribution in [1.82, 2.24) is 4.90 Å². The van der Waals surface area contributed by atoms with Crippen LogP contribution in [-0.2, 0) is 16.0 Å². The van der Waals surface area contributed by atoms with Crippen molar-refractivity contribution in [3.8, 4) is 0 Å². The molecule has 1 fully saturated rings. The molecule has 0 aromatic heterocycles. The molecule has 1 atom stereocenters. The maximum absolute atomic E-state index is 11.7. The number of carbonyl (C=O) groups excluding carboxylic acids is 1. The normalized spacial score (nSPS) is 19.9. The first-order valence-electron chi connectivity index (χ1n) is 6.72. The Morgan fingerprint density at radius 1 is 1.33 bits per heavy atom. The van der Waals surface area contributed by atoms with Crippen LogP contribution in [0.4, 0.5) is 0 Å². The fourth-order valence-corrected chi connectivity index (χ4v) is 2.27. The van der Waals surface area contributed by atoms with Crippen molar-refractivity contribution in [1.29, 1.82) is 0 Å². The van der Waals surface area contributed by atoms with Crippen LogP contribution in [0.2, 0.25) is 0 Å². The Balaban J connectivity index is 2.05. The van der Waals surface area contributed by atoms with Gasteiger partial charge in [0, 0.05) is 13.0 Å². The van der Waals surface area contributed by atoms with E-state index in [1.807, 2.05) is 11.8 Å². The zero-order valence-corrected chi connectivity index (χ0v) is 11.2. The SMILES string of the molecule is CCC(=O)N1CCO[C@H](c2ccc(CC)cc2)C1. The van der Waals surface area contributed by atoms with E-state index in [0.717, 1.165) is 13.0 Å². The topological polar surface area (TPSA) is 29.5 Å². The van der Waals surface area contributed by atoms with Crippen LogP contribution in [0.15, 0.2) is 24.3 Å². The summed E-state index contributed by atoms with van der Waals surface area (Å²) in [6, 6.07) is 8.51. The Morgan fingerprint density at radius 2 is 2.06 bits per heavy atom. The van der Waals surface area contributed by atoms with Gasteiger partial charge in [-0.15, -0.1) is 0 Å². The molecule has 2 rings (SSSR count). The average molecular weight is 247 g/mol. The molecule has 3 nitrogen and oxygen atoms in total. The molecule has 0 N–H and O–H groups in total. The van der Waals surface area contributed by atoms with E-state index in [2.05, 4.69) is 31.2 Å². The highest BCUT2D eigenvalue weighted by atomic mass is 16.5. The number of amides is 1. The predicted octanol–water partition coefficient (Wildman–Crippen LogP) is 2.56. The summed E-state index contributed by atoms with van der Waals surface area (Å²) < 4.78 is 5.77. The van der Waals surface area contributed by atoms with Crippen molar-refractivity contribution in [2.24, 2.45) is 0 Å². The van der Waals surface area contributed by atoms with E-state index >= 15 is 0 Å². The van der Waals surface area contributed by atoms with Gasteiger partial charge < -0.3 is 9.64 Å². The molecule has 1 aromatic carbocycles. The lowest BCUT2D eigenvalue weighted by molar-refractivity contribution is -0.138. The maximum atomic E-state index is 11.7. The van der Waals surface area contributed by atoms with Crippen LogP contribution in [0.3, 0.4) is 0 Å². The Kier molecular flexibility index (Phi) is 4.37. The van der Waals surface area contributed by atoms with Gasteiger partial charge in [-0.3, -0.25) is 4.79 Å². The summed E-state index contributed by atoms with van der Waals surface area (Å²) in [5, 5.41) is 0. The maximum Gasteiger partial charge on any atom is 0.222 e. The lowest BCUT2D eigenvalue weighted by atomic mass is 10.0. The van der Waals surface area contributed by atoms with Crippen LogP contribution in [0, 0.1) is 0 Å². The minimum atomic E-state index is 0.0279. The highest BCUT2D eigenvalue weighted by Crippen LogP contribution is 2.23. The van der Waals surface area contributed by atoms with Gasteiger partial charge in [0.1, 0.15) is 6.10 Å². The second-order valence-electron chi connectivity index (χ2n) is 4.65. The fraction of sp³-hybridized carbons (Fsp3) is 0.533. The summed E-state index contributed by atoms with van der Waals surface area (Å²) in [5.74, 6) is 0.216. The van der Waals surface area contributed by atoms with Crippen molar-refractivity contribution in [3.05, 3.63) is 35.4 Å². The number of nitrogens with zero attached hydrogens (tertiary/aromatic N) is 1. The van der Waals surface area contributed by atoms with E-state index in [1.165, 1.54) is 11.1 Å². The summed E-state index contributed by atoms with van der Waals surface area (Å²) >= 11 is 0. The molecule has 1 aliphatic heterocycles. The van der Waals surface area contributed by atoms with Crippen LogP contribution < -0.4 is 0 Å². The first-order valence-corrected chi connectivity index (χ1v) is 6.72. The number of morpholine rings is 1. The van der Waals surface area contributed by atoms with Gasteiger partial charge in [0.2, 0.25) is 5.91 Å². The van der Waals surface area contributed by atoms with Crippen LogP contribution in [0.1, 0.15) is 37.5 Å². The summed E-state index contributed by atoms with van der Waals surface area (Å²) in [5.41, 5.74) is 2.50. The molecule has 1 amide bonds. The Labute approximate surface area is 109 Å². The second kappa shape index (κ2) is 6.01. The number of benzene rings is 1. The third-order valence-corrected chi connectivity index (χ3v) is 3.48. The molecule has 1 aliphatic rings. The first-order chi connectivity index (χ1) is 8.74. The zero-order valence-electron chi connectivity index (χ0n) is 11.2. The molecule has 0 bridgehead atoms. The quantitative estimate of drug-likeness (QED) is 0.821. The van der Waals surface area contributed by atoms with Crippen LogP contribution in [-0.4, -0.2) is 30.5 Å². The van der Waals surface area contributed by atoms with Gasteiger partial charge in [-0.25, -0.2) is 0 Å². The highest BCUT2D eigenvalue weighted by molar-refractivity contribution is 5.75. The molecule has 3 heteroatoms. The summed E-state index contributed by atoms with van der Waals surface area (Å²) in [6.45, 7) is 6.08. The van der Waals surface area contributed by atoms with Gasteiger partial charge in [0.15, 0.2) is 0 Å². The third-order valence-electron chi connectivity index (χ3n) is 3.48. The Hall–Kier alpha value is -1.35. The van der Waals surface area contributed by atoms with Gasteiger partial charge in [-0.2, -0.15) is 0 Å². The number of carbonyl (C=O) groups is 1. The summed E-state index contributed by atoms with van der Waals surface area (Å²) in [4.78, 5) is 13.6. The first kappa shape index (κ1) is 13.1. The van der Waals surface area contributed by atoms with Crippen molar-refractivity contribution in [2.45, 2.75) is 32.8 Å². The van der Waals surface area contributed by atoms with E-state index in [0.29, 0.717) is 19.6 Å². The molecular weight excluding hydrogens is 226 g/mol. The van der Waals surface area contributed by atoms with E-state index in [9.17, 15) is 4.79 Å². The molecule has 0 unspecified atom stereocenters. The van der Waals surface area contributed by atoms with Gasteiger partial charge in [-0.05, 0) is 17.5 Å². The minimum absolute atomic E-state index is 0.0279. The standard InChI is InChI=1S/C15H21NO2/c1-3-12-5-7-13(8-6-12)14-11-16(9-10-18-14)15(17)4-2/h5-8,14H,3-4,9-11H2,1-2H3/t14-/m0/s1. The molecule has 1 saturated heterocycles. The summed E-state index contributed by atoms with van der Waals surface area (Å²) in [6.07, 6.45) is 1.65. The van der Waals surface area contributed by atoms with E-state index in [1.54, 1.807) is 0 Å². The average Bonchev–Trinajstić information content (AvgIpc) is 2.46. The molecule has 0 saturated carbocycles. The molecule has 0 spiro atoms. The van der Waals surface area contributed by atoms with E-state index < -0.39 is 0 Å². The number of hydrogen-bond acceptors (Lipinski definition) is 2. The molecule has 0 radical (unpaired) electrons. The molecule has 1 heterocycles. The molecule has 1 aromatic rings. The number of rotatable bonds is 3. The van der Waals surface area contributed by atoms with Crippen LogP contribution in [0.5, 0.6) is 0 Å². The monoisotopic (exact) mass is 247 g/mol. The van der Waals surface area contributed by atoms with Gasteiger partial charge in [-0.1, -0.05) is 38.1 Å². The lowest BCUT2D eigenvalue weighted by Gasteiger charge is -2.33. The molecule has 0 aliphatic carbocycles. The van der Waals surface area contributed by atoms with Crippen molar-refractivity contribution >= 4 is 5.91 Å². The minimum Gasteiger partial charge on any atom is -0.370 e. The molecule has 18 heavy (non-hydrogen) atoms. The van der Waals surface area contributed by atoms with Gasteiger partial charge >= 0.3 is 0 Å². The van der Waals surface area contributed by atoms with Crippen LogP contribution >= 0.6 is 0 Å². The second-order valence-corrected chi connectivity index (χ2v) is 4.65. The fourth-order valence-electron chi connectivity index (χ4n) is 2.27. The Bertz CT molecular complexity index is 399. The smallest absolute Gasteiger partial charge is 0.222 e. The number of aryl methyl sites for hydroxylation is 1. The Morgan fingerprint density at radius 3 is 2.67 bits per heavy atom. The van der Waals surface area contributed by atoms with E-state index in [4.69, 9.17) is 4.74 Å². The molecule has 98 valence electrons. The van der Waals surface area contributed by atoms with Crippen molar-refractivity contribution < 1.29 is 9.53 Å². The van der Waals surface area contributed by atoms with E-state index in [-0.39, 0.29) is 12.0 Å². The largest absolute Gasteiger partial charge is 0.370 e. The van der Waals surface area contributed by atoms with Crippen LogP contribution in [0.25, 0.3) is 0 Å². The van der Waals surface area contributed by atoms with Gasteiger partial charge in [0.05, 0.1) is 13.2 Å². The van der Waals surface area contributed by atoms with Gasteiger partial charge in [0.25, 0.3) is 0 Å².